The number of aromatic nitrogens is 2. The van der Waals surface area contributed by atoms with Crippen molar-refractivity contribution in [3.05, 3.63) is 48.0 Å². The Kier molecular flexibility index (Phi) is 7.99. The number of carbonyl (C=O) groups is 2. The molecular formula is C21H29N5O5S. The summed E-state index contributed by atoms with van der Waals surface area (Å²) >= 11 is 0. The molecule has 0 spiro atoms. The quantitative estimate of drug-likeness (QED) is 0.436. The van der Waals surface area contributed by atoms with Crippen molar-refractivity contribution >= 4 is 21.8 Å². The first-order valence-electron chi connectivity index (χ1n) is 10.5. The molecule has 3 rings (SSSR count). The van der Waals surface area contributed by atoms with Crippen LogP contribution in [0.3, 0.4) is 0 Å². The molecule has 1 aromatic carbocycles. The molecule has 174 valence electrons. The normalized spacial score (nSPS) is 17.1. The average Bonchev–Trinajstić information content (AvgIpc) is 3.30. The van der Waals surface area contributed by atoms with E-state index in [1.807, 2.05) is 23.8 Å². The molecule has 2 N–H and O–H groups in total. The van der Waals surface area contributed by atoms with Crippen LogP contribution in [0, 0.1) is 13.8 Å². The fraction of sp³-hybridized carbons (Fsp3) is 0.476. The highest BCUT2D eigenvalue weighted by atomic mass is 32.2. The van der Waals surface area contributed by atoms with E-state index >= 15 is 0 Å². The smallest absolute Gasteiger partial charge is 0.309 e. The van der Waals surface area contributed by atoms with Crippen LogP contribution in [0.5, 0.6) is 0 Å². The maximum atomic E-state index is 13.3. The number of ether oxygens (including phenoxy) is 1. The maximum absolute atomic E-state index is 13.3. The molecule has 1 aliphatic rings. The number of amides is 2. The number of rotatable bonds is 8. The van der Waals surface area contributed by atoms with Gasteiger partial charge in [-0.25, -0.2) is 13.4 Å². The van der Waals surface area contributed by atoms with Crippen molar-refractivity contribution in [2.45, 2.75) is 44.4 Å². The van der Waals surface area contributed by atoms with Crippen LogP contribution in [0.25, 0.3) is 0 Å². The van der Waals surface area contributed by atoms with E-state index in [-0.39, 0.29) is 18.0 Å². The highest BCUT2D eigenvalue weighted by molar-refractivity contribution is 7.89. The van der Waals surface area contributed by atoms with Crippen molar-refractivity contribution in [1.29, 1.82) is 0 Å². The molecule has 1 atom stereocenters. The van der Waals surface area contributed by atoms with Gasteiger partial charge in [0.25, 0.3) is 0 Å². The van der Waals surface area contributed by atoms with Gasteiger partial charge < -0.3 is 19.9 Å². The van der Waals surface area contributed by atoms with Crippen molar-refractivity contribution < 1.29 is 22.7 Å². The van der Waals surface area contributed by atoms with Crippen molar-refractivity contribution in [3.8, 4) is 0 Å². The molecule has 11 heteroatoms. The Morgan fingerprint density at radius 2 is 2.00 bits per heavy atom. The molecule has 0 bridgehead atoms. The van der Waals surface area contributed by atoms with Crippen LogP contribution in [-0.2, 0) is 30.9 Å². The van der Waals surface area contributed by atoms with Crippen LogP contribution in [0.1, 0.15) is 24.0 Å². The molecule has 1 aliphatic heterocycles. The van der Waals surface area contributed by atoms with E-state index in [0.717, 1.165) is 5.56 Å². The summed E-state index contributed by atoms with van der Waals surface area (Å²) in [5.41, 5.74) is 1.47. The second kappa shape index (κ2) is 10.7. The highest BCUT2D eigenvalue weighted by Gasteiger charge is 2.35. The van der Waals surface area contributed by atoms with Gasteiger partial charge in [0.15, 0.2) is 0 Å². The first kappa shape index (κ1) is 23.9. The SMILES string of the molecule is Cc1ccc(C)c(S(=O)(=O)N2CCCO[C@H]2CNC(=O)C(=O)NCCCn2ccnc2)c1. The molecule has 2 amide bonds. The van der Waals surface area contributed by atoms with E-state index in [2.05, 4.69) is 15.6 Å². The summed E-state index contributed by atoms with van der Waals surface area (Å²) in [6, 6.07) is 5.25. The predicted molar refractivity (Wildman–Crippen MR) is 117 cm³/mol. The van der Waals surface area contributed by atoms with E-state index in [1.54, 1.807) is 31.6 Å². The molecule has 0 radical (unpaired) electrons. The van der Waals surface area contributed by atoms with E-state index in [1.165, 1.54) is 4.31 Å². The fourth-order valence-electron chi connectivity index (χ4n) is 3.44. The Bertz CT molecular complexity index is 1040. The number of nitrogens with zero attached hydrogens (tertiary/aromatic N) is 3. The number of hydrogen-bond acceptors (Lipinski definition) is 6. The summed E-state index contributed by atoms with van der Waals surface area (Å²) < 4.78 is 35.3. The van der Waals surface area contributed by atoms with Gasteiger partial charge in [-0.1, -0.05) is 12.1 Å². The van der Waals surface area contributed by atoms with Crippen LogP contribution >= 0.6 is 0 Å². The highest BCUT2D eigenvalue weighted by Crippen LogP contribution is 2.25. The third kappa shape index (κ3) is 5.93. The zero-order valence-corrected chi connectivity index (χ0v) is 19.1. The van der Waals surface area contributed by atoms with Gasteiger partial charge in [0.2, 0.25) is 10.0 Å². The lowest BCUT2D eigenvalue weighted by atomic mass is 10.2. The molecule has 0 unspecified atom stereocenters. The lowest BCUT2D eigenvalue weighted by Gasteiger charge is -2.35. The summed E-state index contributed by atoms with van der Waals surface area (Å²) in [7, 11) is -3.82. The summed E-state index contributed by atoms with van der Waals surface area (Å²) in [6.45, 7) is 5.10. The molecular weight excluding hydrogens is 434 g/mol. The number of nitrogens with one attached hydrogen (secondary N) is 2. The molecule has 10 nitrogen and oxygen atoms in total. The van der Waals surface area contributed by atoms with Crippen LogP contribution in [0.15, 0.2) is 41.8 Å². The van der Waals surface area contributed by atoms with E-state index in [4.69, 9.17) is 4.74 Å². The minimum atomic E-state index is -3.82. The summed E-state index contributed by atoms with van der Waals surface area (Å²) in [4.78, 5) is 28.4. The zero-order valence-electron chi connectivity index (χ0n) is 18.3. The number of aryl methyl sites for hydroxylation is 3. The van der Waals surface area contributed by atoms with Crippen molar-refractivity contribution in [2.24, 2.45) is 0 Å². The van der Waals surface area contributed by atoms with Crippen LogP contribution in [-0.4, -0.2) is 66.6 Å². The molecule has 1 fully saturated rings. The molecule has 32 heavy (non-hydrogen) atoms. The van der Waals surface area contributed by atoms with E-state index in [9.17, 15) is 18.0 Å². The number of benzene rings is 1. The first-order chi connectivity index (χ1) is 15.3. The second-order valence-corrected chi connectivity index (χ2v) is 9.54. The lowest BCUT2D eigenvalue weighted by molar-refractivity contribution is -0.140. The minimum Gasteiger partial charge on any atom is -0.360 e. The molecule has 0 saturated carbocycles. The average molecular weight is 464 g/mol. The van der Waals surface area contributed by atoms with Gasteiger partial charge in [-0.3, -0.25) is 9.59 Å². The van der Waals surface area contributed by atoms with Crippen LogP contribution in [0.2, 0.25) is 0 Å². The largest absolute Gasteiger partial charge is 0.360 e. The third-order valence-electron chi connectivity index (χ3n) is 5.17. The Labute approximate surface area is 188 Å². The monoisotopic (exact) mass is 463 g/mol. The summed E-state index contributed by atoms with van der Waals surface area (Å²) in [5.74, 6) is -1.60. The van der Waals surface area contributed by atoms with Crippen LogP contribution in [0.4, 0.5) is 0 Å². The molecule has 1 aromatic heterocycles. The Balaban J connectivity index is 1.55. The predicted octanol–water partition coefficient (Wildman–Crippen LogP) is 0.560. The van der Waals surface area contributed by atoms with Gasteiger partial charge in [0.1, 0.15) is 6.23 Å². The van der Waals surface area contributed by atoms with Gasteiger partial charge in [0, 0.05) is 32.0 Å². The fourth-order valence-corrected chi connectivity index (χ4v) is 5.31. The van der Waals surface area contributed by atoms with Gasteiger partial charge in [-0.2, -0.15) is 4.31 Å². The van der Waals surface area contributed by atoms with Gasteiger partial charge in [0.05, 0.1) is 24.4 Å². The van der Waals surface area contributed by atoms with Gasteiger partial charge >= 0.3 is 11.8 Å². The van der Waals surface area contributed by atoms with E-state index in [0.29, 0.717) is 38.1 Å². The number of sulfonamides is 1. The van der Waals surface area contributed by atoms with Crippen molar-refractivity contribution in [1.82, 2.24) is 24.5 Å². The van der Waals surface area contributed by atoms with Crippen molar-refractivity contribution in [2.75, 3.05) is 26.2 Å². The number of imidazole rings is 1. The molecule has 0 aliphatic carbocycles. The number of hydrogen-bond donors (Lipinski definition) is 2. The zero-order chi connectivity index (χ0) is 23.1. The third-order valence-corrected chi connectivity index (χ3v) is 7.20. The van der Waals surface area contributed by atoms with Gasteiger partial charge in [-0.15, -0.1) is 0 Å². The molecule has 2 heterocycles. The second-order valence-electron chi connectivity index (χ2n) is 7.68. The van der Waals surface area contributed by atoms with Crippen LogP contribution < -0.4 is 10.6 Å². The minimum absolute atomic E-state index is 0.120. The molecule has 1 saturated heterocycles. The Hall–Kier alpha value is -2.76. The van der Waals surface area contributed by atoms with Gasteiger partial charge in [-0.05, 0) is 43.9 Å². The Morgan fingerprint density at radius 3 is 2.75 bits per heavy atom. The summed E-state index contributed by atoms with van der Waals surface area (Å²) in [5, 5.41) is 5.05. The summed E-state index contributed by atoms with van der Waals surface area (Å²) in [6.07, 6.45) is 5.47. The number of carbonyl (C=O) groups excluding carboxylic acids is 2. The topological polar surface area (TPSA) is 123 Å². The maximum Gasteiger partial charge on any atom is 0.309 e. The molecule has 2 aromatic rings. The van der Waals surface area contributed by atoms with Crippen molar-refractivity contribution in [3.63, 3.8) is 0 Å². The standard InChI is InChI=1S/C21H29N5O5S/c1-16-5-6-17(2)18(13-16)32(29,30)26-10-4-12-31-19(26)14-24-21(28)20(27)23-7-3-9-25-11-8-22-15-25/h5-6,8,11,13,15,19H,3-4,7,9-10,12,14H2,1-2H3,(H,23,27)(H,24,28)/t19-/m0/s1. The lowest BCUT2D eigenvalue weighted by Crippen LogP contribution is -2.53. The Morgan fingerprint density at radius 1 is 1.22 bits per heavy atom. The van der Waals surface area contributed by atoms with E-state index < -0.39 is 28.1 Å². The first-order valence-corrected chi connectivity index (χ1v) is 12.0.